The third kappa shape index (κ3) is 5.69. The molecule has 1 saturated heterocycles. The fourth-order valence-corrected chi connectivity index (χ4v) is 4.46. The molecule has 5 heteroatoms. The number of nitrogens with one attached hydrogen (secondary N) is 1. The van der Waals surface area contributed by atoms with Gasteiger partial charge in [0.15, 0.2) is 0 Å². The topological polar surface area (TPSA) is 55.8 Å². The number of aliphatic hydroxyl groups is 1. The minimum atomic E-state index is -0.416. The van der Waals surface area contributed by atoms with E-state index in [1.807, 2.05) is 6.07 Å². The van der Waals surface area contributed by atoms with Gasteiger partial charge in [-0.15, -0.1) is 0 Å². The second kappa shape index (κ2) is 9.56. The maximum absolute atomic E-state index is 12.7. The highest BCUT2D eigenvalue weighted by molar-refractivity contribution is 5.93. The standard InChI is InChI=1S/C22H35N3O2/c1-17-14-20(24-12-6-7-13-24)10-11-21(17)23-22(27)16-25(15-18(2)26)19-8-4-3-5-9-19/h10-11,14,18-19,26H,3-9,12-13,15-16H2,1-2H3,(H,23,27). The van der Waals surface area contributed by atoms with E-state index >= 15 is 0 Å². The smallest absolute Gasteiger partial charge is 0.238 e. The molecule has 27 heavy (non-hydrogen) atoms. The van der Waals surface area contributed by atoms with Crippen LogP contribution < -0.4 is 10.2 Å². The van der Waals surface area contributed by atoms with Gasteiger partial charge in [0.05, 0.1) is 12.6 Å². The van der Waals surface area contributed by atoms with Crippen LogP contribution in [0.15, 0.2) is 18.2 Å². The van der Waals surface area contributed by atoms with Crippen LogP contribution in [0, 0.1) is 6.92 Å². The highest BCUT2D eigenvalue weighted by Crippen LogP contribution is 2.26. The van der Waals surface area contributed by atoms with Gasteiger partial charge in [-0.05, 0) is 63.3 Å². The van der Waals surface area contributed by atoms with E-state index in [-0.39, 0.29) is 5.91 Å². The average Bonchev–Trinajstić information content (AvgIpc) is 3.18. The van der Waals surface area contributed by atoms with Crippen molar-refractivity contribution < 1.29 is 9.90 Å². The molecule has 3 rings (SSSR count). The van der Waals surface area contributed by atoms with Crippen LogP contribution >= 0.6 is 0 Å². The molecule has 1 aromatic rings. The molecule has 5 nitrogen and oxygen atoms in total. The summed E-state index contributed by atoms with van der Waals surface area (Å²) >= 11 is 0. The van der Waals surface area contributed by atoms with Gasteiger partial charge in [-0.3, -0.25) is 9.69 Å². The third-order valence-electron chi connectivity index (χ3n) is 5.89. The summed E-state index contributed by atoms with van der Waals surface area (Å²) in [5.41, 5.74) is 3.25. The van der Waals surface area contributed by atoms with E-state index in [1.165, 1.54) is 37.8 Å². The van der Waals surface area contributed by atoms with E-state index in [4.69, 9.17) is 0 Å². The summed E-state index contributed by atoms with van der Waals surface area (Å²) < 4.78 is 0. The van der Waals surface area contributed by atoms with E-state index in [0.29, 0.717) is 19.1 Å². The zero-order chi connectivity index (χ0) is 19.2. The molecule has 1 atom stereocenters. The van der Waals surface area contributed by atoms with E-state index in [9.17, 15) is 9.90 Å². The van der Waals surface area contributed by atoms with Gasteiger partial charge in [-0.2, -0.15) is 0 Å². The van der Waals surface area contributed by atoms with Crippen LogP contribution in [0.3, 0.4) is 0 Å². The molecule has 1 saturated carbocycles. The number of hydrogen-bond acceptors (Lipinski definition) is 4. The van der Waals surface area contributed by atoms with Gasteiger partial charge < -0.3 is 15.3 Å². The molecule has 1 unspecified atom stereocenters. The van der Waals surface area contributed by atoms with Crippen molar-refractivity contribution >= 4 is 17.3 Å². The molecule has 1 aromatic carbocycles. The van der Waals surface area contributed by atoms with Gasteiger partial charge in [-0.1, -0.05) is 19.3 Å². The Bertz CT molecular complexity index is 620. The summed E-state index contributed by atoms with van der Waals surface area (Å²) in [6, 6.07) is 6.73. The normalized spacial score (nSPS) is 19.5. The molecule has 2 fully saturated rings. The fourth-order valence-electron chi connectivity index (χ4n) is 4.46. The largest absolute Gasteiger partial charge is 0.392 e. The van der Waals surface area contributed by atoms with Crippen LogP contribution in [0.5, 0.6) is 0 Å². The summed E-state index contributed by atoms with van der Waals surface area (Å²) in [6.45, 7) is 7.02. The Kier molecular flexibility index (Phi) is 7.13. The summed E-state index contributed by atoms with van der Waals surface area (Å²) in [6.07, 6.45) is 8.09. The highest BCUT2D eigenvalue weighted by atomic mass is 16.3. The first-order valence-corrected chi connectivity index (χ1v) is 10.6. The third-order valence-corrected chi connectivity index (χ3v) is 5.89. The highest BCUT2D eigenvalue weighted by Gasteiger charge is 2.24. The number of anilines is 2. The van der Waals surface area contributed by atoms with Gasteiger partial charge in [0.1, 0.15) is 0 Å². The maximum atomic E-state index is 12.7. The number of rotatable bonds is 7. The van der Waals surface area contributed by atoms with Crippen LogP contribution in [0.2, 0.25) is 0 Å². The molecule has 1 amide bonds. The molecule has 0 radical (unpaired) electrons. The van der Waals surface area contributed by atoms with Crippen LogP contribution in [0.25, 0.3) is 0 Å². The van der Waals surface area contributed by atoms with Crippen molar-refractivity contribution in [3.8, 4) is 0 Å². The molecular weight excluding hydrogens is 338 g/mol. The minimum absolute atomic E-state index is 0.0123. The summed E-state index contributed by atoms with van der Waals surface area (Å²) in [5.74, 6) is 0.0123. The van der Waals surface area contributed by atoms with Crippen molar-refractivity contribution in [2.75, 3.05) is 36.4 Å². The number of aliphatic hydroxyl groups excluding tert-OH is 1. The van der Waals surface area contributed by atoms with Gasteiger partial charge in [0, 0.05) is 37.1 Å². The van der Waals surface area contributed by atoms with E-state index < -0.39 is 6.10 Å². The maximum Gasteiger partial charge on any atom is 0.238 e. The van der Waals surface area contributed by atoms with Crippen molar-refractivity contribution in [2.45, 2.75) is 70.9 Å². The first-order valence-electron chi connectivity index (χ1n) is 10.6. The number of benzene rings is 1. The lowest BCUT2D eigenvalue weighted by Gasteiger charge is -2.34. The van der Waals surface area contributed by atoms with Gasteiger partial charge in [0.2, 0.25) is 5.91 Å². The molecule has 150 valence electrons. The average molecular weight is 374 g/mol. The fraction of sp³-hybridized carbons (Fsp3) is 0.682. The quantitative estimate of drug-likeness (QED) is 0.767. The lowest BCUT2D eigenvalue weighted by molar-refractivity contribution is -0.118. The Morgan fingerprint density at radius 2 is 1.93 bits per heavy atom. The van der Waals surface area contributed by atoms with Crippen LogP contribution in [-0.2, 0) is 4.79 Å². The Morgan fingerprint density at radius 3 is 2.56 bits per heavy atom. The summed E-state index contributed by atoms with van der Waals surface area (Å²) in [7, 11) is 0. The number of carbonyl (C=O) groups is 1. The number of nitrogens with zero attached hydrogens (tertiary/aromatic N) is 2. The lowest BCUT2D eigenvalue weighted by Crippen LogP contribution is -2.45. The van der Waals surface area contributed by atoms with Crippen molar-refractivity contribution in [3.63, 3.8) is 0 Å². The summed E-state index contributed by atoms with van der Waals surface area (Å²) in [5, 5.41) is 12.9. The summed E-state index contributed by atoms with van der Waals surface area (Å²) in [4.78, 5) is 17.3. The van der Waals surface area contributed by atoms with Crippen molar-refractivity contribution in [1.82, 2.24) is 4.90 Å². The van der Waals surface area contributed by atoms with Gasteiger partial charge >= 0.3 is 0 Å². The molecular formula is C22H35N3O2. The predicted molar refractivity (Wildman–Crippen MR) is 111 cm³/mol. The zero-order valence-electron chi connectivity index (χ0n) is 16.9. The molecule has 0 bridgehead atoms. The van der Waals surface area contributed by atoms with Crippen molar-refractivity contribution in [3.05, 3.63) is 23.8 Å². The van der Waals surface area contributed by atoms with E-state index in [2.05, 4.69) is 34.2 Å². The molecule has 2 N–H and O–H groups in total. The second-order valence-corrected chi connectivity index (χ2v) is 8.31. The van der Waals surface area contributed by atoms with Gasteiger partial charge in [0.25, 0.3) is 0 Å². The zero-order valence-corrected chi connectivity index (χ0v) is 16.9. The first-order chi connectivity index (χ1) is 13.0. The van der Waals surface area contributed by atoms with Gasteiger partial charge in [-0.25, -0.2) is 0 Å². The number of carbonyl (C=O) groups excluding carboxylic acids is 1. The Labute approximate surface area is 163 Å². The Morgan fingerprint density at radius 1 is 1.22 bits per heavy atom. The number of aryl methyl sites for hydroxylation is 1. The van der Waals surface area contributed by atoms with Crippen LogP contribution in [0.4, 0.5) is 11.4 Å². The van der Waals surface area contributed by atoms with Crippen LogP contribution in [-0.4, -0.2) is 54.2 Å². The van der Waals surface area contributed by atoms with Crippen LogP contribution in [0.1, 0.15) is 57.4 Å². The molecule has 1 aliphatic heterocycles. The lowest BCUT2D eigenvalue weighted by atomic mass is 9.94. The Balaban J connectivity index is 1.60. The molecule has 0 aromatic heterocycles. The van der Waals surface area contributed by atoms with E-state index in [0.717, 1.165) is 37.2 Å². The first kappa shape index (κ1) is 20.2. The molecule has 1 heterocycles. The molecule has 2 aliphatic rings. The monoisotopic (exact) mass is 373 g/mol. The molecule has 1 aliphatic carbocycles. The predicted octanol–water partition coefficient (Wildman–Crippen LogP) is 3.55. The SMILES string of the molecule is Cc1cc(N2CCCC2)ccc1NC(=O)CN(CC(C)O)C1CCCCC1. The minimum Gasteiger partial charge on any atom is -0.392 e. The number of amides is 1. The Hall–Kier alpha value is -1.59. The molecule has 0 spiro atoms. The second-order valence-electron chi connectivity index (χ2n) is 8.31. The van der Waals surface area contributed by atoms with Crippen molar-refractivity contribution in [2.24, 2.45) is 0 Å². The number of hydrogen-bond donors (Lipinski definition) is 2. The van der Waals surface area contributed by atoms with E-state index in [1.54, 1.807) is 6.92 Å². The van der Waals surface area contributed by atoms with Crippen molar-refractivity contribution in [1.29, 1.82) is 0 Å².